The molecule has 0 bridgehead atoms. The summed E-state index contributed by atoms with van der Waals surface area (Å²) in [4.78, 5) is 24.8. The van der Waals surface area contributed by atoms with Gasteiger partial charge in [0.1, 0.15) is 5.82 Å². The largest absolute Gasteiger partial charge is 0.348 e. The summed E-state index contributed by atoms with van der Waals surface area (Å²) in [6.45, 7) is 1.98. The molecule has 0 saturated heterocycles. The molecule has 0 spiro atoms. The summed E-state index contributed by atoms with van der Waals surface area (Å²) in [5.41, 5.74) is 0.875. The normalized spacial score (nSPS) is 11.1. The molecular formula is C24H22ClFN2O4S. The highest BCUT2D eigenvalue weighted by Crippen LogP contribution is 2.30. The van der Waals surface area contributed by atoms with Gasteiger partial charge in [0.2, 0.25) is 15.7 Å². The lowest BCUT2D eigenvalue weighted by molar-refractivity contribution is -0.116. The van der Waals surface area contributed by atoms with Crippen LogP contribution in [-0.2, 0) is 21.2 Å². The van der Waals surface area contributed by atoms with Crippen LogP contribution in [0.25, 0.3) is 0 Å². The van der Waals surface area contributed by atoms with Crippen LogP contribution >= 0.6 is 11.6 Å². The van der Waals surface area contributed by atoms with Crippen molar-refractivity contribution in [3.63, 3.8) is 0 Å². The number of amides is 2. The van der Waals surface area contributed by atoms with Crippen LogP contribution in [-0.4, -0.2) is 20.2 Å². The van der Waals surface area contributed by atoms with Gasteiger partial charge in [0.05, 0.1) is 15.5 Å². The third-order valence-electron chi connectivity index (χ3n) is 4.77. The molecule has 0 fully saturated rings. The van der Waals surface area contributed by atoms with Crippen LogP contribution in [0.15, 0.2) is 76.5 Å². The maximum absolute atomic E-state index is 13.2. The Balaban J connectivity index is 1.92. The first kappa shape index (κ1) is 24.4. The molecule has 0 unspecified atom stereocenters. The van der Waals surface area contributed by atoms with Crippen molar-refractivity contribution in [1.82, 2.24) is 5.32 Å². The van der Waals surface area contributed by atoms with Crippen LogP contribution < -0.4 is 10.6 Å². The van der Waals surface area contributed by atoms with Gasteiger partial charge in [-0.3, -0.25) is 9.59 Å². The predicted molar refractivity (Wildman–Crippen MR) is 124 cm³/mol. The topological polar surface area (TPSA) is 92.3 Å². The van der Waals surface area contributed by atoms with Gasteiger partial charge in [-0.15, -0.1) is 0 Å². The number of hydrogen-bond acceptors (Lipinski definition) is 4. The number of sulfone groups is 1. The highest BCUT2D eigenvalue weighted by atomic mass is 35.5. The zero-order valence-electron chi connectivity index (χ0n) is 17.8. The summed E-state index contributed by atoms with van der Waals surface area (Å²) in [5.74, 6) is -1.22. The van der Waals surface area contributed by atoms with Gasteiger partial charge in [-0.25, -0.2) is 12.8 Å². The highest BCUT2D eigenvalue weighted by molar-refractivity contribution is 7.91. The molecule has 0 radical (unpaired) electrons. The van der Waals surface area contributed by atoms with Gasteiger partial charge in [0, 0.05) is 23.6 Å². The van der Waals surface area contributed by atoms with E-state index in [0.717, 1.165) is 0 Å². The van der Waals surface area contributed by atoms with E-state index in [1.165, 1.54) is 54.6 Å². The van der Waals surface area contributed by atoms with Crippen molar-refractivity contribution >= 4 is 38.9 Å². The van der Waals surface area contributed by atoms with Crippen molar-refractivity contribution in [3.8, 4) is 0 Å². The first-order chi connectivity index (χ1) is 15.7. The Kier molecular flexibility index (Phi) is 7.84. The Morgan fingerprint density at radius 3 is 2.27 bits per heavy atom. The minimum Gasteiger partial charge on any atom is -0.348 e. The lowest BCUT2D eigenvalue weighted by Gasteiger charge is -2.14. The van der Waals surface area contributed by atoms with E-state index >= 15 is 0 Å². The van der Waals surface area contributed by atoms with Gasteiger partial charge in [-0.1, -0.05) is 30.7 Å². The van der Waals surface area contributed by atoms with Crippen LogP contribution in [0.5, 0.6) is 0 Å². The van der Waals surface area contributed by atoms with Gasteiger partial charge in [-0.2, -0.15) is 0 Å². The molecule has 172 valence electrons. The molecule has 2 N–H and O–H groups in total. The van der Waals surface area contributed by atoms with Crippen molar-refractivity contribution in [2.24, 2.45) is 0 Å². The number of nitrogens with one attached hydrogen (secondary N) is 2. The third-order valence-corrected chi connectivity index (χ3v) is 6.85. The molecule has 0 aliphatic heterocycles. The molecule has 3 aromatic carbocycles. The Bertz CT molecular complexity index is 1260. The van der Waals surface area contributed by atoms with E-state index < -0.39 is 15.7 Å². The highest BCUT2D eigenvalue weighted by Gasteiger charge is 2.23. The Labute approximate surface area is 196 Å². The molecule has 9 heteroatoms. The Morgan fingerprint density at radius 2 is 1.64 bits per heavy atom. The molecule has 0 aliphatic rings. The van der Waals surface area contributed by atoms with Crippen molar-refractivity contribution in [2.45, 2.75) is 36.1 Å². The quantitative estimate of drug-likeness (QED) is 0.467. The molecule has 0 heterocycles. The average molecular weight is 489 g/mol. The van der Waals surface area contributed by atoms with Crippen molar-refractivity contribution in [2.75, 3.05) is 5.32 Å². The maximum Gasteiger partial charge on any atom is 0.251 e. The van der Waals surface area contributed by atoms with Gasteiger partial charge in [0.15, 0.2) is 0 Å². The first-order valence-corrected chi connectivity index (χ1v) is 12.0. The molecule has 2 amide bonds. The number of benzene rings is 3. The molecule has 3 aromatic rings. The molecule has 0 aromatic heterocycles. The zero-order chi connectivity index (χ0) is 24.0. The second kappa shape index (κ2) is 10.6. The summed E-state index contributed by atoms with van der Waals surface area (Å²) in [7, 11) is -3.99. The predicted octanol–water partition coefficient (Wildman–Crippen LogP) is 4.98. The number of rotatable bonds is 8. The summed E-state index contributed by atoms with van der Waals surface area (Å²) in [5, 5.41) is 5.69. The van der Waals surface area contributed by atoms with Crippen molar-refractivity contribution in [1.29, 1.82) is 0 Å². The fourth-order valence-electron chi connectivity index (χ4n) is 3.07. The SMILES string of the molecule is CCCC(=O)Nc1cc(C(=O)NCc2ccc(F)cc2)ccc1S(=O)(=O)c1ccc(Cl)cc1. The van der Waals surface area contributed by atoms with Crippen LogP contribution in [0, 0.1) is 5.82 Å². The Hall–Kier alpha value is -3.23. The zero-order valence-corrected chi connectivity index (χ0v) is 19.3. The number of carbonyl (C=O) groups is 2. The molecule has 0 atom stereocenters. The van der Waals surface area contributed by atoms with E-state index in [-0.39, 0.29) is 45.7 Å². The standard InChI is InChI=1S/C24H22ClFN2O4S/c1-2-3-23(29)28-21-14-17(24(30)27-15-16-4-9-19(26)10-5-16)6-13-22(21)33(31,32)20-11-7-18(25)8-12-20/h4-14H,2-3,15H2,1H3,(H,27,30)(H,28,29). The lowest BCUT2D eigenvalue weighted by Crippen LogP contribution is -2.23. The summed E-state index contributed by atoms with van der Waals surface area (Å²) in [6.07, 6.45) is 0.768. The van der Waals surface area contributed by atoms with E-state index in [0.29, 0.717) is 17.0 Å². The Morgan fingerprint density at radius 1 is 0.970 bits per heavy atom. The average Bonchev–Trinajstić information content (AvgIpc) is 2.78. The van der Waals surface area contributed by atoms with E-state index in [1.54, 1.807) is 12.1 Å². The van der Waals surface area contributed by atoms with E-state index in [9.17, 15) is 22.4 Å². The number of carbonyl (C=O) groups excluding carboxylic acids is 2. The van der Waals surface area contributed by atoms with E-state index in [1.807, 2.05) is 6.92 Å². The minimum atomic E-state index is -3.99. The molecular weight excluding hydrogens is 467 g/mol. The fourth-order valence-corrected chi connectivity index (χ4v) is 4.59. The van der Waals surface area contributed by atoms with Crippen molar-refractivity contribution < 1.29 is 22.4 Å². The van der Waals surface area contributed by atoms with E-state index in [4.69, 9.17) is 11.6 Å². The second-order valence-electron chi connectivity index (χ2n) is 7.28. The van der Waals surface area contributed by atoms with Crippen LogP contribution in [0.4, 0.5) is 10.1 Å². The van der Waals surface area contributed by atoms with E-state index in [2.05, 4.69) is 10.6 Å². The van der Waals surface area contributed by atoms with Crippen LogP contribution in [0.1, 0.15) is 35.7 Å². The van der Waals surface area contributed by atoms with Crippen LogP contribution in [0.3, 0.4) is 0 Å². The van der Waals surface area contributed by atoms with Gasteiger partial charge >= 0.3 is 0 Å². The van der Waals surface area contributed by atoms with Crippen molar-refractivity contribution in [3.05, 3.63) is 88.7 Å². The van der Waals surface area contributed by atoms with Gasteiger partial charge in [-0.05, 0) is 66.6 Å². The number of halogens is 2. The number of hydrogen-bond donors (Lipinski definition) is 2. The monoisotopic (exact) mass is 488 g/mol. The van der Waals surface area contributed by atoms with Crippen LogP contribution in [0.2, 0.25) is 5.02 Å². The second-order valence-corrected chi connectivity index (χ2v) is 9.63. The minimum absolute atomic E-state index is 0.00593. The summed E-state index contributed by atoms with van der Waals surface area (Å²) < 4.78 is 39.5. The van der Waals surface area contributed by atoms with Gasteiger partial charge in [0.25, 0.3) is 5.91 Å². The first-order valence-electron chi connectivity index (χ1n) is 10.2. The molecule has 0 aliphatic carbocycles. The summed E-state index contributed by atoms with van der Waals surface area (Å²) >= 11 is 5.87. The molecule has 33 heavy (non-hydrogen) atoms. The number of anilines is 1. The fraction of sp³-hybridized carbons (Fsp3) is 0.167. The molecule has 6 nitrogen and oxygen atoms in total. The molecule has 0 saturated carbocycles. The smallest absolute Gasteiger partial charge is 0.251 e. The summed E-state index contributed by atoms with van der Waals surface area (Å²) in [6, 6.07) is 15.3. The lowest BCUT2D eigenvalue weighted by atomic mass is 10.1. The maximum atomic E-state index is 13.2. The molecule has 3 rings (SSSR count). The third kappa shape index (κ3) is 6.18. The van der Waals surface area contributed by atoms with Gasteiger partial charge < -0.3 is 10.6 Å².